The van der Waals surface area contributed by atoms with Gasteiger partial charge < -0.3 is 10.6 Å². The van der Waals surface area contributed by atoms with Gasteiger partial charge in [-0.05, 0) is 18.1 Å². The zero-order chi connectivity index (χ0) is 14.9. The topological polar surface area (TPSA) is 63.4 Å². The molecule has 1 fully saturated rings. The van der Waals surface area contributed by atoms with Gasteiger partial charge in [0.2, 0.25) is 11.8 Å². The molecule has 2 N–H and O–H groups in total. The fourth-order valence-electron chi connectivity index (χ4n) is 2.35. The average Bonchev–Trinajstić information content (AvgIpc) is 2.71. The van der Waals surface area contributed by atoms with Crippen LogP contribution in [-0.2, 0) is 22.3 Å². The minimum atomic E-state index is -4.50. The van der Waals surface area contributed by atoms with Gasteiger partial charge in [-0.25, -0.2) is 0 Å². The first-order chi connectivity index (χ1) is 9.30. The maximum Gasteiger partial charge on any atom is 0.416 e. The third-order valence-electron chi connectivity index (χ3n) is 3.32. The molecule has 1 aromatic carbocycles. The van der Waals surface area contributed by atoms with Gasteiger partial charge in [-0.3, -0.25) is 9.59 Å². The third-order valence-corrected chi connectivity index (χ3v) is 3.32. The number of hydrogen-bond acceptors (Lipinski definition) is 2. The van der Waals surface area contributed by atoms with E-state index >= 15 is 0 Å². The molecule has 0 spiro atoms. The van der Waals surface area contributed by atoms with Gasteiger partial charge in [-0.1, -0.05) is 18.2 Å². The van der Waals surface area contributed by atoms with Gasteiger partial charge >= 0.3 is 6.18 Å². The van der Waals surface area contributed by atoms with Crippen molar-refractivity contribution in [3.05, 3.63) is 35.4 Å². The smallest absolute Gasteiger partial charge is 0.368 e. The number of carbonyl (C=O) groups is 2. The van der Waals surface area contributed by atoms with Gasteiger partial charge in [-0.2, -0.15) is 13.2 Å². The maximum absolute atomic E-state index is 12.9. The number of amides is 2. The number of likely N-dealkylation sites (tertiary alicyclic amines) is 1. The molecule has 1 aliphatic heterocycles. The van der Waals surface area contributed by atoms with Crippen LogP contribution in [0.3, 0.4) is 0 Å². The van der Waals surface area contributed by atoms with Crippen LogP contribution in [0.25, 0.3) is 0 Å². The summed E-state index contributed by atoms with van der Waals surface area (Å²) in [5.74, 6) is -1.05. The first kappa shape index (κ1) is 14.4. The van der Waals surface area contributed by atoms with E-state index in [1.54, 1.807) is 0 Å². The number of halogens is 3. The SMILES string of the molecule is NC(=O)[C@H]1CCC(=O)N1Cc1ccccc1C(F)(F)F. The molecule has 108 valence electrons. The summed E-state index contributed by atoms with van der Waals surface area (Å²) in [4.78, 5) is 24.0. The quantitative estimate of drug-likeness (QED) is 0.919. The lowest BCUT2D eigenvalue weighted by Crippen LogP contribution is -2.42. The molecule has 1 aromatic rings. The van der Waals surface area contributed by atoms with Crippen LogP contribution in [0.4, 0.5) is 13.2 Å². The Bertz CT molecular complexity index is 543. The Hall–Kier alpha value is -2.05. The Morgan fingerprint density at radius 3 is 2.60 bits per heavy atom. The second kappa shape index (κ2) is 5.15. The molecule has 1 aliphatic rings. The molecule has 0 bridgehead atoms. The van der Waals surface area contributed by atoms with E-state index < -0.39 is 23.7 Å². The van der Waals surface area contributed by atoms with E-state index in [1.807, 2.05) is 0 Å². The summed E-state index contributed by atoms with van der Waals surface area (Å²) in [7, 11) is 0. The number of rotatable bonds is 3. The predicted octanol–water partition coefficient (Wildman–Crippen LogP) is 1.68. The van der Waals surface area contributed by atoms with Crippen LogP contribution in [0.2, 0.25) is 0 Å². The molecule has 4 nitrogen and oxygen atoms in total. The number of hydrogen-bond donors (Lipinski definition) is 1. The monoisotopic (exact) mass is 286 g/mol. The lowest BCUT2D eigenvalue weighted by atomic mass is 10.1. The Balaban J connectivity index is 2.30. The zero-order valence-corrected chi connectivity index (χ0v) is 10.5. The second-order valence-corrected chi connectivity index (χ2v) is 4.63. The lowest BCUT2D eigenvalue weighted by Gasteiger charge is -2.24. The molecular weight excluding hydrogens is 273 g/mol. The molecule has 1 saturated heterocycles. The molecule has 1 heterocycles. The van der Waals surface area contributed by atoms with Crippen molar-refractivity contribution in [1.82, 2.24) is 4.90 Å². The Morgan fingerprint density at radius 2 is 2.00 bits per heavy atom. The van der Waals surface area contributed by atoms with Crippen molar-refractivity contribution >= 4 is 11.8 Å². The predicted molar refractivity (Wildman–Crippen MR) is 64.2 cm³/mol. The first-order valence-electron chi connectivity index (χ1n) is 6.04. The minimum absolute atomic E-state index is 0.0403. The van der Waals surface area contributed by atoms with E-state index in [2.05, 4.69) is 0 Å². The highest BCUT2D eigenvalue weighted by molar-refractivity contribution is 5.90. The fourth-order valence-corrected chi connectivity index (χ4v) is 2.35. The van der Waals surface area contributed by atoms with E-state index in [4.69, 9.17) is 5.73 Å². The molecular formula is C13H13F3N2O2. The summed E-state index contributed by atoms with van der Waals surface area (Å²) in [6.45, 7) is -0.262. The van der Waals surface area contributed by atoms with E-state index in [1.165, 1.54) is 18.2 Å². The lowest BCUT2D eigenvalue weighted by molar-refractivity contribution is -0.140. The highest BCUT2D eigenvalue weighted by Crippen LogP contribution is 2.33. The van der Waals surface area contributed by atoms with Crippen molar-refractivity contribution < 1.29 is 22.8 Å². The van der Waals surface area contributed by atoms with Crippen molar-refractivity contribution in [1.29, 1.82) is 0 Å². The standard InChI is InChI=1S/C13H13F3N2O2/c14-13(15,16)9-4-2-1-3-8(9)7-18-10(12(17)20)5-6-11(18)19/h1-4,10H,5-7H2,(H2,17,20)/t10-/m1/s1. The van der Waals surface area contributed by atoms with Crippen LogP contribution in [0, 0.1) is 0 Å². The summed E-state index contributed by atoms with van der Waals surface area (Å²) in [6, 6.07) is 4.17. The highest BCUT2D eigenvalue weighted by Gasteiger charge is 2.38. The molecule has 0 saturated carbocycles. The number of benzene rings is 1. The van der Waals surface area contributed by atoms with Crippen LogP contribution in [0.15, 0.2) is 24.3 Å². The highest BCUT2D eigenvalue weighted by atomic mass is 19.4. The molecule has 20 heavy (non-hydrogen) atoms. The van der Waals surface area contributed by atoms with E-state index in [-0.39, 0.29) is 30.9 Å². The Morgan fingerprint density at radius 1 is 1.35 bits per heavy atom. The van der Waals surface area contributed by atoms with E-state index in [0.717, 1.165) is 11.0 Å². The van der Waals surface area contributed by atoms with Crippen LogP contribution < -0.4 is 5.73 Å². The summed E-state index contributed by atoms with van der Waals surface area (Å²) >= 11 is 0. The largest absolute Gasteiger partial charge is 0.416 e. The van der Waals surface area contributed by atoms with Crippen molar-refractivity contribution in [2.24, 2.45) is 5.73 Å². The molecule has 7 heteroatoms. The van der Waals surface area contributed by atoms with Crippen molar-refractivity contribution in [2.75, 3.05) is 0 Å². The van der Waals surface area contributed by atoms with Crippen LogP contribution in [0.1, 0.15) is 24.0 Å². The van der Waals surface area contributed by atoms with Gasteiger partial charge in [0.25, 0.3) is 0 Å². The van der Waals surface area contributed by atoms with Crippen molar-refractivity contribution in [2.45, 2.75) is 31.6 Å². The fraction of sp³-hybridized carbons (Fsp3) is 0.385. The number of nitrogens with two attached hydrogens (primary N) is 1. The number of primary amides is 1. The summed E-state index contributed by atoms with van der Waals surface area (Å²) < 4.78 is 38.6. The summed E-state index contributed by atoms with van der Waals surface area (Å²) in [6.07, 6.45) is -4.12. The van der Waals surface area contributed by atoms with Crippen molar-refractivity contribution in [3.63, 3.8) is 0 Å². The summed E-state index contributed by atoms with van der Waals surface area (Å²) in [5, 5.41) is 0. The molecule has 2 amide bonds. The van der Waals surface area contributed by atoms with Crippen LogP contribution in [0.5, 0.6) is 0 Å². The minimum Gasteiger partial charge on any atom is -0.368 e. The maximum atomic E-state index is 12.9. The zero-order valence-electron chi connectivity index (χ0n) is 10.5. The van der Waals surface area contributed by atoms with Crippen LogP contribution in [-0.4, -0.2) is 22.8 Å². The first-order valence-corrected chi connectivity index (χ1v) is 6.04. The number of nitrogens with zero attached hydrogens (tertiary/aromatic N) is 1. The number of alkyl halides is 3. The number of carbonyl (C=O) groups excluding carboxylic acids is 2. The van der Waals surface area contributed by atoms with E-state index in [0.29, 0.717) is 0 Å². The van der Waals surface area contributed by atoms with Crippen LogP contribution >= 0.6 is 0 Å². The second-order valence-electron chi connectivity index (χ2n) is 4.63. The van der Waals surface area contributed by atoms with Gasteiger partial charge in [0, 0.05) is 13.0 Å². The molecule has 0 aromatic heterocycles. The molecule has 1 atom stereocenters. The molecule has 0 aliphatic carbocycles. The summed E-state index contributed by atoms with van der Waals surface area (Å²) in [5.41, 5.74) is 4.33. The van der Waals surface area contributed by atoms with Gasteiger partial charge in [0.05, 0.1) is 5.56 Å². The molecule has 2 rings (SSSR count). The molecule has 0 unspecified atom stereocenters. The molecule has 0 radical (unpaired) electrons. The average molecular weight is 286 g/mol. The van der Waals surface area contributed by atoms with Gasteiger partial charge in [0.15, 0.2) is 0 Å². The van der Waals surface area contributed by atoms with Gasteiger partial charge in [0.1, 0.15) is 6.04 Å². The third kappa shape index (κ3) is 2.76. The van der Waals surface area contributed by atoms with Crippen molar-refractivity contribution in [3.8, 4) is 0 Å². The van der Waals surface area contributed by atoms with E-state index in [9.17, 15) is 22.8 Å². The Kier molecular flexibility index (Phi) is 3.69. The normalized spacial score (nSPS) is 19.4. The van der Waals surface area contributed by atoms with Gasteiger partial charge in [-0.15, -0.1) is 0 Å². The Labute approximate surface area is 113 Å².